The number of H-pyrrole nitrogens is 2. The number of carbonyl (C=O) groups excluding carboxylic acids is 2. The monoisotopic (exact) mass is 378 g/mol. The number of ether oxygens (including phenoxy) is 1. The van der Waals surface area contributed by atoms with Gasteiger partial charge in [0.1, 0.15) is 0 Å². The number of nitrogens with one attached hydrogen (secondary N) is 3. The lowest BCUT2D eigenvalue weighted by Gasteiger charge is -2.08. The molecule has 2 rings (SSSR count). The van der Waals surface area contributed by atoms with E-state index in [-0.39, 0.29) is 22.6 Å². The van der Waals surface area contributed by atoms with Gasteiger partial charge in [0.2, 0.25) is 5.91 Å². The molecule has 3 N–H and O–H groups in total. The van der Waals surface area contributed by atoms with E-state index >= 15 is 0 Å². The van der Waals surface area contributed by atoms with Gasteiger partial charge in [0, 0.05) is 5.69 Å². The van der Waals surface area contributed by atoms with Crippen molar-refractivity contribution >= 4 is 29.3 Å². The van der Waals surface area contributed by atoms with Crippen molar-refractivity contribution in [1.82, 2.24) is 15.2 Å². The highest BCUT2D eigenvalue weighted by Gasteiger charge is 2.10. The zero-order valence-corrected chi connectivity index (χ0v) is 15.0. The van der Waals surface area contributed by atoms with Crippen LogP contribution in [-0.2, 0) is 9.53 Å². The van der Waals surface area contributed by atoms with Gasteiger partial charge in [-0.25, -0.2) is 14.7 Å². The summed E-state index contributed by atoms with van der Waals surface area (Å²) in [5.74, 6) is -0.604. The summed E-state index contributed by atoms with van der Waals surface area (Å²) in [4.78, 5) is 48.1. The maximum atomic E-state index is 11.9. The molecule has 0 saturated carbocycles. The van der Waals surface area contributed by atoms with Crippen LogP contribution in [0.15, 0.2) is 38.9 Å². The maximum absolute atomic E-state index is 11.9. The van der Waals surface area contributed by atoms with Crippen molar-refractivity contribution < 1.29 is 14.3 Å². The molecule has 1 aromatic carbocycles. The molecule has 0 aliphatic heterocycles. The number of rotatable bonds is 7. The summed E-state index contributed by atoms with van der Waals surface area (Å²) in [5.41, 5.74) is -0.479. The fourth-order valence-electron chi connectivity index (χ4n) is 1.78. The first-order valence-electron chi connectivity index (χ1n) is 7.74. The molecule has 10 heteroatoms. The molecule has 0 saturated heterocycles. The second-order valence-electron chi connectivity index (χ2n) is 5.72. The first-order chi connectivity index (χ1) is 12.3. The minimum absolute atomic E-state index is 0.0111. The summed E-state index contributed by atoms with van der Waals surface area (Å²) in [5, 5.41) is 8.28. The summed E-state index contributed by atoms with van der Waals surface area (Å²) >= 11 is 0.889. The second-order valence-corrected chi connectivity index (χ2v) is 6.68. The standard InChI is InChI=1S/C16H18N4O5S/c1-9(2)7-25-15(23)10-3-5-11(6-4-10)17-12(21)8-26-14-13(22)18-16(24)20-19-14/h3-6,9H,7-8H2,1-2H3,(H,17,21)(H2,18,20,22,24). The molecule has 0 aliphatic carbocycles. The summed E-state index contributed by atoms with van der Waals surface area (Å²) < 4.78 is 5.12. The molecule has 0 atom stereocenters. The maximum Gasteiger partial charge on any atom is 0.342 e. The lowest BCUT2D eigenvalue weighted by Crippen LogP contribution is -2.25. The fraction of sp³-hybridized carbons (Fsp3) is 0.312. The van der Waals surface area contributed by atoms with Gasteiger partial charge in [-0.05, 0) is 30.2 Å². The third kappa shape index (κ3) is 5.88. The van der Waals surface area contributed by atoms with E-state index in [9.17, 15) is 19.2 Å². The lowest BCUT2D eigenvalue weighted by molar-refractivity contribution is -0.113. The van der Waals surface area contributed by atoms with Crippen LogP contribution in [0.25, 0.3) is 0 Å². The zero-order valence-electron chi connectivity index (χ0n) is 14.2. The van der Waals surface area contributed by atoms with Crippen LogP contribution in [0.5, 0.6) is 0 Å². The molecule has 1 heterocycles. The fourth-order valence-corrected chi connectivity index (χ4v) is 2.41. The quantitative estimate of drug-likeness (QED) is 0.483. The number of anilines is 1. The topological polar surface area (TPSA) is 134 Å². The lowest BCUT2D eigenvalue weighted by atomic mass is 10.2. The summed E-state index contributed by atoms with van der Waals surface area (Å²) in [6.07, 6.45) is 0. The molecule has 9 nitrogen and oxygen atoms in total. The van der Waals surface area contributed by atoms with Crippen molar-refractivity contribution in [3.63, 3.8) is 0 Å². The minimum atomic E-state index is -0.712. The van der Waals surface area contributed by atoms with E-state index in [0.717, 1.165) is 11.8 Å². The number of nitrogens with zero attached hydrogens (tertiary/aromatic N) is 1. The third-order valence-corrected chi connectivity index (χ3v) is 3.93. The average Bonchev–Trinajstić information content (AvgIpc) is 2.59. The predicted molar refractivity (Wildman–Crippen MR) is 96.4 cm³/mol. The van der Waals surface area contributed by atoms with Gasteiger partial charge in [0.05, 0.1) is 17.9 Å². The molecular weight excluding hydrogens is 360 g/mol. The molecular formula is C16H18N4O5S. The molecule has 0 bridgehead atoms. The molecule has 0 radical (unpaired) electrons. The second kappa shape index (κ2) is 8.99. The Morgan fingerprint density at radius 2 is 1.92 bits per heavy atom. The third-order valence-electron chi connectivity index (χ3n) is 2.97. The summed E-state index contributed by atoms with van der Waals surface area (Å²) in [7, 11) is 0. The van der Waals surface area contributed by atoms with E-state index in [1.807, 2.05) is 18.8 Å². The normalized spacial score (nSPS) is 10.6. The van der Waals surface area contributed by atoms with Crippen LogP contribution in [0.2, 0.25) is 0 Å². The summed E-state index contributed by atoms with van der Waals surface area (Å²) in [6, 6.07) is 6.28. The molecule has 1 aromatic heterocycles. The van der Waals surface area contributed by atoms with Crippen LogP contribution in [0.1, 0.15) is 24.2 Å². The Morgan fingerprint density at radius 1 is 1.23 bits per heavy atom. The van der Waals surface area contributed by atoms with Crippen molar-refractivity contribution in [3.05, 3.63) is 50.7 Å². The van der Waals surface area contributed by atoms with Crippen LogP contribution < -0.4 is 16.6 Å². The first kappa shape index (κ1) is 19.4. The van der Waals surface area contributed by atoms with E-state index in [4.69, 9.17) is 4.74 Å². The number of thioether (sulfide) groups is 1. The Bertz CT molecular complexity index is 889. The van der Waals surface area contributed by atoms with Crippen LogP contribution in [0.4, 0.5) is 5.69 Å². The van der Waals surface area contributed by atoms with E-state index in [1.165, 1.54) is 0 Å². The van der Waals surface area contributed by atoms with Gasteiger partial charge in [-0.15, -0.1) is 0 Å². The van der Waals surface area contributed by atoms with Gasteiger partial charge < -0.3 is 10.1 Å². The number of carbonyl (C=O) groups is 2. The van der Waals surface area contributed by atoms with Gasteiger partial charge >= 0.3 is 11.7 Å². The predicted octanol–water partition coefficient (Wildman–Crippen LogP) is 1.00. The van der Waals surface area contributed by atoms with Gasteiger partial charge in [-0.2, -0.15) is 5.10 Å². The molecule has 0 fully saturated rings. The van der Waals surface area contributed by atoms with Gasteiger partial charge in [0.25, 0.3) is 5.56 Å². The first-order valence-corrected chi connectivity index (χ1v) is 8.72. The van der Waals surface area contributed by atoms with Crippen LogP contribution in [-0.4, -0.2) is 39.4 Å². The van der Waals surface area contributed by atoms with Crippen LogP contribution in [0, 0.1) is 5.92 Å². The van der Waals surface area contributed by atoms with E-state index < -0.39 is 17.2 Å². The van der Waals surface area contributed by atoms with Gasteiger partial charge in [0.15, 0.2) is 5.03 Å². The van der Waals surface area contributed by atoms with Crippen molar-refractivity contribution in [1.29, 1.82) is 0 Å². The molecule has 0 spiro atoms. The molecule has 0 aliphatic rings. The van der Waals surface area contributed by atoms with Gasteiger partial charge in [-0.1, -0.05) is 25.6 Å². The molecule has 2 aromatic rings. The number of esters is 1. The average molecular weight is 378 g/mol. The Morgan fingerprint density at radius 3 is 2.54 bits per heavy atom. The van der Waals surface area contributed by atoms with Crippen molar-refractivity contribution in [2.75, 3.05) is 17.7 Å². The SMILES string of the molecule is CC(C)COC(=O)c1ccc(NC(=O)CSc2n[nH]c(=O)[nH]c2=O)cc1. The molecule has 26 heavy (non-hydrogen) atoms. The number of amides is 1. The Labute approximate surface area is 152 Å². The van der Waals surface area contributed by atoms with E-state index in [2.05, 4.69) is 15.5 Å². The Hall–Kier alpha value is -2.88. The van der Waals surface area contributed by atoms with Crippen molar-refractivity contribution in [2.45, 2.75) is 18.9 Å². The van der Waals surface area contributed by atoms with Gasteiger partial charge in [-0.3, -0.25) is 14.6 Å². The van der Waals surface area contributed by atoms with Crippen molar-refractivity contribution in [2.24, 2.45) is 5.92 Å². The number of aromatic nitrogens is 3. The highest BCUT2D eigenvalue weighted by atomic mass is 32.2. The molecule has 0 unspecified atom stereocenters. The highest BCUT2D eigenvalue weighted by molar-refractivity contribution is 7.99. The smallest absolute Gasteiger partial charge is 0.342 e. The van der Waals surface area contributed by atoms with Crippen molar-refractivity contribution in [3.8, 4) is 0 Å². The number of hydrogen-bond donors (Lipinski definition) is 3. The van der Waals surface area contributed by atoms with Crippen LogP contribution in [0.3, 0.4) is 0 Å². The number of benzene rings is 1. The van der Waals surface area contributed by atoms with Crippen LogP contribution >= 0.6 is 11.8 Å². The number of aromatic amines is 2. The highest BCUT2D eigenvalue weighted by Crippen LogP contribution is 2.13. The Kier molecular flexibility index (Phi) is 6.73. The zero-order chi connectivity index (χ0) is 19.1. The molecule has 138 valence electrons. The number of hydrogen-bond acceptors (Lipinski definition) is 7. The summed E-state index contributed by atoms with van der Waals surface area (Å²) in [6.45, 7) is 4.23. The van der Waals surface area contributed by atoms with E-state index in [0.29, 0.717) is 17.9 Å². The Balaban J connectivity index is 1.88. The molecule has 1 amide bonds. The largest absolute Gasteiger partial charge is 0.462 e. The van der Waals surface area contributed by atoms with E-state index in [1.54, 1.807) is 24.3 Å². The minimum Gasteiger partial charge on any atom is -0.462 e.